The van der Waals surface area contributed by atoms with E-state index in [1.807, 2.05) is 0 Å². The minimum Gasteiger partial charge on any atom is -0.212 e. The van der Waals surface area contributed by atoms with Crippen LogP contribution in [0.25, 0.3) is 0 Å². The fourth-order valence-corrected chi connectivity index (χ4v) is 1.56. The lowest BCUT2D eigenvalue weighted by atomic mass is 10.3. The van der Waals surface area contributed by atoms with Crippen LogP contribution in [0.4, 0.5) is 13.2 Å². The van der Waals surface area contributed by atoms with Gasteiger partial charge in [-0.1, -0.05) is 0 Å². The second-order valence-corrected chi connectivity index (χ2v) is 3.75. The Morgan fingerprint density at radius 2 is 2.08 bits per heavy atom. The summed E-state index contributed by atoms with van der Waals surface area (Å²) >= 11 is 4.58. The summed E-state index contributed by atoms with van der Waals surface area (Å²) in [6.07, 6.45) is -2.69. The Bertz CT molecular complexity index is 305. The first kappa shape index (κ1) is 10.2. The summed E-state index contributed by atoms with van der Waals surface area (Å²) < 4.78 is 37.2. The lowest BCUT2D eigenvalue weighted by Gasteiger charge is -2.03. The van der Waals surface area contributed by atoms with Gasteiger partial charge in [-0.05, 0) is 38.5 Å². The predicted octanol–water partition coefficient (Wildman–Crippen LogP) is 3.53. The molecule has 0 amide bonds. The summed E-state index contributed by atoms with van der Waals surface area (Å²) in [4.78, 5) is 3.36. The molecule has 0 saturated carbocycles. The Labute approximate surface area is 88.6 Å². The molecule has 0 N–H and O–H groups in total. The smallest absolute Gasteiger partial charge is 0.212 e. The quantitative estimate of drug-likeness (QED) is 0.557. The molecule has 6 heteroatoms. The van der Waals surface area contributed by atoms with E-state index in [9.17, 15) is 13.2 Å². The van der Waals surface area contributed by atoms with Crippen molar-refractivity contribution in [1.29, 1.82) is 0 Å². The van der Waals surface area contributed by atoms with Gasteiger partial charge in [-0.15, -0.1) is 0 Å². The lowest BCUT2D eigenvalue weighted by molar-refractivity contribution is 0.149. The van der Waals surface area contributed by atoms with Crippen LogP contribution in [0.2, 0.25) is 0 Å². The molecule has 0 aliphatic carbocycles. The number of aromatic nitrogens is 1. The van der Waals surface area contributed by atoms with Crippen LogP contribution < -0.4 is 0 Å². The van der Waals surface area contributed by atoms with Crippen LogP contribution in [0.15, 0.2) is 10.5 Å². The first-order valence-electron chi connectivity index (χ1n) is 2.82. The number of nitrogens with zero attached hydrogens (tertiary/aromatic N) is 1. The van der Waals surface area contributed by atoms with E-state index in [0.29, 0.717) is 0 Å². The van der Waals surface area contributed by atoms with Gasteiger partial charge in [-0.3, -0.25) is 0 Å². The van der Waals surface area contributed by atoms with Gasteiger partial charge in [0.2, 0.25) is 5.95 Å². The normalized spacial score (nSPS) is 10.8. The maximum Gasteiger partial charge on any atom is 0.265 e. The minimum atomic E-state index is -2.69. The number of pyridine rings is 1. The largest absolute Gasteiger partial charge is 0.265 e. The molecule has 0 saturated heterocycles. The van der Waals surface area contributed by atoms with E-state index < -0.39 is 12.4 Å². The van der Waals surface area contributed by atoms with Crippen molar-refractivity contribution in [3.8, 4) is 0 Å². The number of alkyl halides is 2. The average molecular weight is 352 g/mol. The van der Waals surface area contributed by atoms with Crippen molar-refractivity contribution >= 4 is 38.5 Å². The summed E-state index contributed by atoms with van der Waals surface area (Å²) in [5, 5.41) is 0. The second kappa shape index (κ2) is 3.91. The third kappa shape index (κ3) is 2.09. The van der Waals surface area contributed by atoms with Gasteiger partial charge in [0.15, 0.2) is 0 Å². The molecular weight excluding hydrogens is 350 g/mol. The van der Waals surface area contributed by atoms with Crippen LogP contribution in [0, 0.1) is 9.65 Å². The van der Waals surface area contributed by atoms with E-state index >= 15 is 0 Å². The van der Waals surface area contributed by atoms with Gasteiger partial charge in [-0.25, -0.2) is 13.8 Å². The van der Waals surface area contributed by atoms with Crippen molar-refractivity contribution in [2.75, 3.05) is 0 Å². The molecule has 66 valence electrons. The van der Waals surface area contributed by atoms with Gasteiger partial charge in [0.1, 0.15) is 3.70 Å². The van der Waals surface area contributed by atoms with Crippen LogP contribution >= 0.6 is 38.5 Å². The van der Waals surface area contributed by atoms with Gasteiger partial charge >= 0.3 is 0 Å². The summed E-state index contributed by atoms with van der Waals surface area (Å²) in [5.74, 6) is -0.891. The highest BCUT2D eigenvalue weighted by Gasteiger charge is 2.16. The molecule has 12 heavy (non-hydrogen) atoms. The molecule has 0 spiro atoms. The molecule has 0 atom stereocenters. The highest BCUT2D eigenvalue weighted by atomic mass is 127. The third-order valence-corrected chi connectivity index (χ3v) is 3.50. The molecule has 0 aliphatic rings. The maximum atomic E-state index is 12.5. The van der Waals surface area contributed by atoms with Crippen LogP contribution in [-0.2, 0) is 0 Å². The standard InChI is InChI=1S/C6H2BrF3IN/c7-4-2(5(9)10)1-3(8)12-6(4)11/h1,5H. The van der Waals surface area contributed by atoms with Crippen LogP contribution in [-0.4, -0.2) is 4.98 Å². The summed E-state index contributed by atoms with van der Waals surface area (Å²) in [7, 11) is 0. The molecule has 1 heterocycles. The Morgan fingerprint density at radius 1 is 1.50 bits per heavy atom. The minimum absolute atomic E-state index is 0.152. The molecular formula is C6H2BrF3IN. The van der Waals surface area contributed by atoms with Crippen LogP contribution in [0.5, 0.6) is 0 Å². The number of hydrogen-bond acceptors (Lipinski definition) is 1. The first-order chi connectivity index (χ1) is 5.52. The molecule has 1 rings (SSSR count). The molecule has 1 nitrogen and oxygen atoms in total. The zero-order valence-electron chi connectivity index (χ0n) is 5.49. The van der Waals surface area contributed by atoms with E-state index in [0.717, 1.165) is 6.07 Å². The zero-order valence-corrected chi connectivity index (χ0v) is 9.24. The predicted molar refractivity (Wildman–Crippen MR) is 49.6 cm³/mol. The summed E-state index contributed by atoms with van der Waals surface area (Å²) in [5.41, 5.74) is -0.369. The summed E-state index contributed by atoms with van der Waals surface area (Å²) in [6.45, 7) is 0. The van der Waals surface area contributed by atoms with Gasteiger partial charge in [0, 0.05) is 11.6 Å². The maximum absolute atomic E-state index is 12.5. The second-order valence-electron chi connectivity index (χ2n) is 1.94. The average Bonchev–Trinajstić information content (AvgIpc) is 1.96. The van der Waals surface area contributed by atoms with Gasteiger partial charge < -0.3 is 0 Å². The Morgan fingerprint density at radius 3 is 2.58 bits per heavy atom. The van der Waals surface area contributed by atoms with Crippen LogP contribution in [0.1, 0.15) is 12.0 Å². The fraction of sp³-hybridized carbons (Fsp3) is 0.167. The molecule has 0 radical (unpaired) electrons. The van der Waals surface area contributed by atoms with E-state index in [4.69, 9.17) is 0 Å². The topological polar surface area (TPSA) is 12.9 Å². The first-order valence-corrected chi connectivity index (χ1v) is 4.69. The molecule has 1 aromatic rings. The molecule has 0 fully saturated rings. The van der Waals surface area contributed by atoms with E-state index in [1.165, 1.54) is 0 Å². The van der Waals surface area contributed by atoms with Gasteiger partial charge in [0.05, 0.1) is 4.47 Å². The zero-order chi connectivity index (χ0) is 9.30. The van der Waals surface area contributed by atoms with E-state index in [2.05, 4.69) is 20.9 Å². The molecule has 0 unspecified atom stereocenters. The van der Waals surface area contributed by atoms with Crippen molar-refractivity contribution in [2.24, 2.45) is 0 Å². The van der Waals surface area contributed by atoms with Crippen LogP contribution in [0.3, 0.4) is 0 Å². The van der Waals surface area contributed by atoms with Crippen molar-refractivity contribution < 1.29 is 13.2 Å². The fourth-order valence-electron chi connectivity index (χ4n) is 0.645. The Kier molecular flexibility index (Phi) is 3.33. The molecule has 0 aromatic carbocycles. The molecule has 0 bridgehead atoms. The summed E-state index contributed by atoms with van der Waals surface area (Å²) in [6, 6.07) is 0.719. The van der Waals surface area contributed by atoms with Crippen molar-refractivity contribution in [1.82, 2.24) is 4.98 Å². The van der Waals surface area contributed by atoms with E-state index in [1.54, 1.807) is 22.6 Å². The number of hydrogen-bond donors (Lipinski definition) is 0. The molecule has 1 aromatic heterocycles. The third-order valence-electron chi connectivity index (χ3n) is 1.15. The lowest BCUT2D eigenvalue weighted by Crippen LogP contribution is -1.95. The monoisotopic (exact) mass is 351 g/mol. The Hall–Kier alpha value is 0.150. The van der Waals surface area contributed by atoms with Gasteiger partial charge in [0.25, 0.3) is 6.43 Å². The SMILES string of the molecule is Fc1cc(C(F)F)c(Br)c(I)n1. The van der Waals surface area contributed by atoms with Crippen molar-refractivity contribution in [3.05, 3.63) is 25.8 Å². The number of rotatable bonds is 1. The highest BCUT2D eigenvalue weighted by Crippen LogP contribution is 2.30. The van der Waals surface area contributed by atoms with Gasteiger partial charge in [-0.2, -0.15) is 4.39 Å². The number of halogens is 5. The van der Waals surface area contributed by atoms with Crippen molar-refractivity contribution in [2.45, 2.75) is 6.43 Å². The van der Waals surface area contributed by atoms with E-state index in [-0.39, 0.29) is 13.7 Å². The highest BCUT2D eigenvalue weighted by molar-refractivity contribution is 14.1. The Balaban J connectivity index is 3.28. The molecule has 0 aliphatic heterocycles. The van der Waals surface area contributed by atoms with Crippen molar-refractivity contribution in [3.63, 3.8) is 0 Å².